The van der Waals surface area contributed by atoms with E-state index in [9.17, 15) is 4.79 Å². The van der Waals surface area contributed by atoms with Crippen LogP contribution in [0.5, 0.6) is 0 Å². The monoisotopic (exact) mass is 299 g/mol. The van der Waals surface area contributed by atoms with Crippen LogP contribution in [-0.4, -0.2) is 96.4 Å². The fourth-order valence-corrected chi connectivity index (χ4v) is 3.10. The van der Waals surface area contributed by atoms with Crippen molar-refractivity contribution in [3.63, 3.8) is 0 Å². The minimum Gasteiger partial charge on any atom is -0.480 e. The van der Waals surface area contributed by atoms with Crippen LogP contribution in [0, 0.1) is 0 Å². The quantitative estimate of drug-likeness (QED) is 0.782. The molecule has 21 heavy (non-hydrogen) atoms. The van der Waals surface area contributed by atoms with Crippen LogP contribution in [0.2, 0.25) is 0 Å². The third kappa shape index (κ3) is 4.64. The number of carboxylic acids is 1. The number of aliphatic carboxylic acids is 1. The zero-order valence-electron chi connectivity index (χ0n) is 13.5. The summed E-state index contributed by atoms with van der Waals surface area (Å²) in [7, 11) is 0. The highest BCUT2D eigenvalue weighted by molar-refractivity contribution is 5.72. The first-order chi connectivity index (χ1) is 9.97. The second-order valence-electron chi connectivity index (χ2n) is 6.43. The molecule has 2 aliphatic heterocycles. The molecule has 0 amide bonds. The standard InChI is InChI=1S/C15H29N3O3/c1-12(2)18-8-9-21-14(11-18)10-16-4-6-17(7-5-16)13(3)15(19)20/h12-14H,4-11H2,1-3H3,(H,19,20). The molecule has 2 unspecified atom stereocenters. The number of hydrogen-bond donors (Lipinski definition) is 1. The van der Waals surface area contributed by atoms with Crippen LogP contribution in [0.1, 0.15) is 20.8 Å². The van der Waals surface area contributed by atoms with Gasteiger partial charge in [-0.3, -0.25) is 19.5 Å². The Hall–Kier alpha value is -0.690. The highest BCUT2D eigenvalue weighted by Crippen LogP contribution is 2.12. The summed E-state index contributed by atoms with van der Waals surface area (Å²) >= 11 is 0. The first-order valence-corrected chi connectivity index (χ1v) is 8.02. The zero-order chi connectivity index (χ0) is 15.4. The Morgan fingerprint density at radius 3 is 2.38 bits per heavy atom. The predicted octanol–water partition coefficient (Wildman–Crippen LogP) is 0.186. The van der Waals surface area contributed by atoms with Gasteiger partial charge in [0.2, 0.25) is 0 Å². The zero-order valence-corrected chi connectivity index (χ0v) is 13.5. The molecule has 6 heteroatoms. The van der Waals surface area contributed by atoms with E-state index < -0.39 is 5.97 Å². The van der Waals surface area contributed by atoms with Crippen molar-refractivity contribution >= 4 is 5.97 Å². The molecule has 0 aliphatic carbocycles. The molecule has 0 aromatic carbocycles. The second kappa shape index (κ2) is 7.54. The highest BCUT2D eigenvalue weighted by atomic mass is 16.5. The lowest BCUT2D eigenvalue weighted by Crippen LogP contribution is -2.55. The molecular weight excluding hydrogens is 270 g/mol. The van der Waals surface area contributed by atoms with Crippen molar-refractivity contribution in [2.45, 2.75) is 39.0 Å². The minimum atomic E-state index is -0.730. The van der Waals surface area contributed by atoms with Gasteiger partial charge in [-0.05, 0) is 20.8 Å². The van der Waals surface area contributed by atoms with Gasteiger partial charge in [0.15, 0.2) is 0 Å². The first kappa shape index (κ1) is 16.7. The average molecular weight is 299 g/mol. The molecule has 2 rings (SSSR count). The van der Waals surface area contributed by atoms with Gasteiger partial charge in [0.05, 0.1) is 12.7 Å². The maximum absolute atomic E-state index is 11.0. The largest absolute Gasteiger partial charge is 0.480 e. The van der Waals surface area contributed by atoms with Gasteiger partial charge in [0.1, 0.15) is 6.04 Å². The van der Waals surface area contributed by atoms with Gasteiger partial charge in [0.25, 0.3) is 0 Å². The molecule has 1 N–H and O–H groups in total. The summed E-state index contributed by atoms with van der Waals surface area (Å²) in [5.41, 5.74) is 0. The predicted molar refractivity (Wildman–Crippen MR) is 81.6 cm³/mol. The number of hydrogen-bond acceptors (Lipinski definition) is 5. The summed E-state index contributed by atoms with van der Waals surface area (Å²) in [6.07, 6.45) is 0.282. The maximum Gasteiger partial charge on any atom is 0.320 e. The molecule has 2 fully saturated rings. The van der Waals surface area contributed by atoms with Crippen LogP contribution < -0.4 is 0 Å². The second-order valence-corrected chi connectivity index (χ2v) is 6.43. The van der Waals surface area contributed by atoms with E-state index in [1.807, 2.05) is 4.90 Å². The molecule has 2 atom stereocenters. The van der Waals surface area contributed by atoms with Gasteiger partial charge in [-0.1, -0.05) is 0 Å². The van der Waals surface area contributed by atoms with Gasteiger partial charge < -0.3 is 9.84 Å². The Kier molecular flexibility index (Phi) is 5.98. The first-order valence-electron chi connectivity index (χ1n) is 8.02. The summed E-state index contributed by atoms with van der Waals surface area (Å²) < 4.78 is 5.88. The van der Waals surface area contributed by atoms with Crippen LogP contribution in [0.3, 0.4) is 0 Å². The van der Waals surface area contributed by atoms with E-state index >= 15 is 0 Å². The number of nitrogens with zero attached hydrogens (tertiary/aromatic N) is 3. The van der Waals surface area contributed by atoms with Crippen molar-refractivity contribution in [3.05, 3.63) is 0 Å². The number of piperazine rings is 1. The molecule has 2 saturated heterocycles. The molecule has 0 bridgehead atoms. The molecule has 0 aromatic heterocycles. The number of carboxylic acid groups (broad SMARTS) is 1. The minimum absolute atomic E-state index is 0.282. The number of carbonyl (C=O) groups is 1. The molecule has 0 radical (unpaired) electrons. The number of ether oxygens (including phenoxy) is 1. The van der Waals surface area contributed by atoms with Crippen molar-refractivity contribution in [1.29, 1.82) is 0 Å². The Balaban J connectivity index is 1.74. The maximum atomic E-state index is 11.0. The third-order valence-electron chi connectivity index (χ3n) is 4.67. The fourth-order valence-electron chi connectivity index (χ4n) is 3.10. The normalized spacial score (nSPS) is 27.9. The van der Waals surface area contributed by atoms with E-state index in [2.05, 4.69) is 23.6 Å². The molecular formula is C15H29N3O3. The fraction of sp³-hybridized carbons (Fsp3) is 0.933. The van der Waals surface area contributed by atoms with Crippen molar-refractivity contribution in [3.8, 4) is 0 Å². The Bertz CT molecular complexity index is 343. The van der Waals surface area contributed by atoms with E-state index in [1.165, 1.54) is 0 Å². The molecule has 0 saturated carbocycles. The molecule has 2 aliphatic rings. The Morgan fingerprint density at radius 1 is 1.14 bits per heavy atom. The average Bonchev–Trinajstić information content (AvgIpc) is 2.47. The van der Waals surface area contributed by atoms with Crippen molar-refractivity contribution < 1.29 is 14.6 Å². The van der Waals surface area contributed by atoms with Gasteiger partial charge in [-0.2, -0.15) is 0 Å². The van der Waals surface area contributed by atoms with E-state index in [1.54, 1.807) is 6.92 Å². The lowest BCUT2D eigenvalue weighted by molar-refractivity contribution is -0.143. The molecule has 122 valence electrons. The van der Waals surface area contributed by atoms with Crippen LogP contribution in [0.15, 0.2) is 0 Å². The van der Waals surface area contributed by atoms with E-state index in [0.717, 1.165) is 52.4 Å². The van der Waals surface area contributed by atoms with E-state index in [-0.39, 0.29) is 12.1 Å². The van der Waals surface area contributed by atoms with Gasteiger partial charge in [0, 0.05) is 51.9 Å². The summed E-state index contributed by atoms with van der Waals surface area (Å²) in [6.45, 7) is 13.5. The molecule has 0 aromatic rings. The molecule has 2 heterocycles. The van der Waals surface area contributed by atoms with Crippen molar-refractivity contribution in [2.75, 3.05) is 52.4 Å². The lowest BCUT2D eigenvalue weighted by Gasteiger charge is -2.41. The lowest BCUT2D eigenvalue weighted by atomic mass is 10.2. The SMILES string of the molecule is CC(C)N1CCOC(CN2CCN(C(C)C(=O)O)CC2)C1. The van der Waals surface area contributed by atoms with Crippen LogP contribution in [0.25, 0.3) is 0 Å². The van der Waals surface area contributed by atoms with Crippen LogP contribution >= 0.6 is 0 Å². The Labute approximate surface area is 127 Å². The van der Waals surface area contributed by atoms with Crippen LogP contribution in [0.4, 0.5) is 0 Å². The highest BCUT2D eigenvalue weighted by Gasteiger charge is 2.28. The third-order valence-corrected chi connectivity index (χ3v) is 4.67. The van der Waals surface area contributed by atoms with Gasteiger partial charge in [-0.25, -0.2) is 0 Å². The van der Waals surface area contributed by atoms with Crippen molar-refractivity contribution in [2.24, 2.45) is 0 Å². The van der Waals surface area contributed by atoms with E-state index in [4.69, 9.17) is 9.84 Å². The van der Waals surface area contributed by atoms with Crippen LogP contribution in [-0.2, 0) is 9.53 Å². The summed E-state index contributed by atoms with van der Waals surface area (Å²) in [4.78, 5) is 17.9. The molecule has 6 nitrogen and oxygen atoms in total. The topological polar surface area (TPSA) is 56.2 Å². The summed E-state index contributed by atoms with van der Waals surface area (Å²) in [5, 5.41) is 9.06. The summed E-state index contributed by atoms with van der Waals surface area (Å²) in [6, 6.07) is 0.194. The smallest absolute Gasteiger partial charge is 0.320 e. The van der Waals surface area contributed by atoms with E-state index in [0.29, 0.717) is 6.04 Å². The van der Waals surface area contributed by atoms with Crippen molar-refractivity contribution in [1.82, 2.24) is 14.7 Å². The number of rotatable bonds is 5. The molecule has 0 spiro atoms. The van der Waals surface area contributed by atoms with Gasteiger partial charge in [-0.15, -0.1) is 0 Å². The van der Waals surface area contributed by atoms with Gasteiger partial charge >= 0.3 is 5.97 Å². The number of morpholine rings is 1. The summed E-state index contributed by atoms with van der Waals surface area (Å²) in [5.74, 6) is -0.730. The Morgan fingerprint density at radius 2 is 1.81 bits per heavy atom.